The fraction of sp³-hybridized carbons (Fsp3) is 0.167. The van der Waals surface area contributed by atoms with Crippen LogP contribution < -0.4 is 0 Å². The van der Waals surface area contributed by atoms with Crippen molar-refractivity contribution in [1.29, 1.82) is 0 Å². The van der Waals surface area contributed by atoms with Gasteiger partial charge in [-0.1, -0.05) is 12.1 Å². The lowest BCUT2D eigenvalue weighted by atomic mass is 10.2. The topological polar surface area (TPSA) is 56.5 Å². The van der Waals surface area contributed by atoms with E-state index in [9.17, 15) is 0 Å². The summed E-state index contributed by atoms with van der Waals surface area (Å²) in [5, 5.41) is 12.2. The number of hydrogen-bond acceptors (Lipinski definition) is 5. The summed E-state index contributed by atoms with van der Waals surface area (Å²) in [6.45, 7) is 4.11. The standard InChI is InChI=1S/C12H11N5S/c1-8-9(2)18-12(14-8)10-4-3-5-11(6-10)17-7-13-15-16-17/h3-7H,1-2H3. The number of nitrogens with zero attached hydrogens (tertiary/aromatic N) is 5. The normalized spacial score (nSPS) is 10.8. The highest BCUT2D eigenvalue weighted by molar-refractivity contribution is 7.15. The van der Waals surface area contributed by atoms with E-state index in [1.54, 1.807) is 22.3 Å². The van der Waals surface area contributed by atoms with E-state index in [1.165, 1.54) is 4.88 Å². The Hall–Kier alpha value is -2.08. The molecule has 0 aliphatic heterocycles. The van der Waals surface area contributed by atoms with Crippen LogP contribution in [0.5, 0.6) is 0 Å². The van der Waals surface area contributed by atoms with Gasteiger partial charge in [0.25, 0.3) is 0 Å². The molecule has 2 aromatic heterocycles. The van der Waals surface area contributed by atoms with Crippen LogP contribution in [0.15, 0.2) is 30.6 Å². The van der Waals surface area contributed by atoms with Crippen molar-refractivity contribution in [2.45, 2.75) is 13.8 Å². The van der Waals surface area contributed by atoms with Gasteiger partial charge < -0.3 is 0 Å². The zero-order valence-electron chi connectivity index (χ0n) is 10.0. The van der Waals surface area contributed by atoms with Crippen LogP contribution in [0.1, 0.15) is 10.6 Å². The summed E-state index contributed by atoms with van der Waals surface area (Å²) in [6.07, 6.45) is 1.58. The van der Waals surface area contributed by atoms with E-state index in [0.29, 0.717) is 0 Å². The zero-order valence-corrected chi connectivity index (χ0v) is 10.8. The van der Waals surface area contributed by atoms with Crippen LogP contribution >= 0.6 is 11.3 Å². The number of aryl methyl sites for hydroxylation is 2. The Morgan fingerprint density at radius 3 is 2.78 bits per heavy atom. The highest BCUT2D eigenvalue weighted by atomic mass is 32.1. The number of thiazole rings is 1. The van der Waals surface area contributed by atoms with E-state index in [4.69, 9.17) is 0 Å². The number of hydrogen-bond donors (Lipinski definition) is 0. The van der Waals surface area contributed by atoms with Crippen LogP contribution in [0.25, 0.3) is 16.3 Å². The monoisotopic (exact) mass is 257 g/mol. The Balaban J connectivity index is 2.06. The number of aromatic nitrogens is 5. The summed E-state index contributed by atoms with van der Waals surface area (Å²) in [5.41, 5.74) is 3.11. The molecule has 6 heteroatoms. The quantitative estimate of drug-likeness (QED) is 0.707. The smallest absolute Gasteiger partial charge is 0.143 e. The molecule has 2 heterocycles. The summed E-state index contributed by atoms with van der Waals surface area (Å²) in [6, 6.07) is 8.03. The summed E-state index contributed by atoms with van der Waals surface area (Å²) in [4.78, 5) is 5.81. The summed E-state index contributed by atoms with van der Waals surface area (Å²) < 4.78 is 1.64. The molecule has 3 rings (SSSR count). The Bertz CT molecular complexity index is 652. The molecule has 5 nitrogen and oxygen atoms in total. The first-order valence-corrected chi connectivity index (χ1v) is 6.33. The third-order valence-electron chi connectivity index (χ3n) is 2.74. The van der Waals surface area contributed by atoms with E-state index in [-0.39, 0.29) is 0 Å². The molecule has 0 amide bonds. The van der Waals surface area contributed by atoms with E-state index < -0.39 is 0 Å². The first kappa shape index (κ1) is 11.0. The van der Waals surface area contributed by atoms with Crippen LogP contribution in [0.2, 0.25) is 0 Å². The van der Waals surface area contributed by atoms with Gasteiger partial charge in [-0.05, 0) is 36.4 Å². The molecule has 0 saturated heterocycles. The van der Waals surface area contributed by atoms with E-state index in [1.807, 2.05) is 31.2 Å². The Morgan fingerprint density at radius 1 is 1.22 bits per heavy atom. The molecule has 1 aromatic carbocycles. The maximum Gasteiger partial charge on any atom is 0.143 e. The van der Waals surface area contributed by atoms with Gasteiger partial charge in [-0.2, -0.15) is 0 Å². The van der Waals surface area contributed by atoms with Gasteiger partial charge in [-0.15, -0.1) is 16.4 Å². The maximum atomic E-state index is 4.56. The average molecular weight is 257 g/mol. The second-order valence-electron chi connectivity index (χ2n) is 3.97. The van der Waals surface area contributed by atoms with Gasteiger partial charge in [-0.3, -0.25) is 0 Å². The molecule has 0 aliphatic rings. The van der Waals surface area contributed by atoms with E-state index in [0.717, 1.165) is 22.0 Å². The first-order valence-electron chi connectivity index (χ1n) is 5.52. The average Bonchev–Trinajstić information content (AvgIpc) is 3.01. The van der Waals surface area contributed by atoms with Crippen molar-refractivity contribution in [3.63, 3.8) is 0 Å². The first-order chi connectivity index (χ1) is 8.74. The van der Waals surface area contributed by atoms with E-state index >= 15 is 0 Å². The lowest BCUT2D eigenvalue weighted by Gasteiger charge is -2.01. The van der Waals surface area contributed by atoms with Crippen LogP contribution in [0.3, 0.4) is 0 Å². The van der Waals surface area contributed by atoms with Crippen molar-refractivity contribution in [2.75, 3.05) is 0 Å². The minimum Gasteiger partial charge on any atom is -0.241 e. The van der Waals surface area contributed by atoms with Gasteiger partial charge in [0.1, 0.15) is 11.3 Å². The minimum atomic E-state index is 0.933. The van der Waals surface area contributed by atoms with Crippen LogP contribution in [-0.2, 0) is 0 Å². The molecule has 0 saturated carbocycles. The number of rotatable bonds is 2. The molecular formula is C12H11N5S. The van der Waals surface area contributed by atoms with Crippen molar-refractivity contribution < 1.29 is 0 Å². The molecule has 0 bridgehead atoms. The molecule has 0 unspecified atom stereocenters. The van der Waals surface area contributed by atoms with Crippen molar-refractivity contribution in [3.05, 3.63) is 41.2 Å². The predicted octanol–water partition coefficient (Wildman–Crippen LogP) is 2.40. The van der Waals surface area contributed by atoms with Crippen molar-refractivity contribution in [1.82, 2.24) is 25.2 Å². The van der Waals surface area contributed by atoms with Crippen LogP contribution in [0, 0.1) is 13.8 Å². The van der Waals surface area contributed by atoms with Crippen molar-refractivity contribution >= 4 is 11.3 Å². The summed E-state index contributed by atoms with van der Waals surface area (Å²) >= 11 is 1.70. The largest absolute Gasteiger partial charge is 0.241 e. The third kappa shape index (κ3) is 1.91. The van der Waals surface area contributed by atoms with Gasteiger partial charge >= 0.3 is 0 Å². The number of tetrazole rings is 1. The summed E-state index contributed by atoms with van der Waals surface area (Å²) in [5.74, 6) is 0. The second-order valence-corrected chi connectivity index (χ2v) is 5.17. The predicted molar refractivity (Wildman–Crippen MR) is 69.7 cm³/mol. The van der Waals surface area contributed by atoms with Crippen molar-refractivity contribution in [2.24, 2.45) is 0 Å². The molecule has 0 fully saturated rings. The molecule has 90 valence electrons. The third-order valence-corrected chi connectivity index (χ3v) is 3.86. The molecule has 0 spiro atoms. The van der Waals surface area contributed by atoms with Gasteiger partial charge in [0, 0.05) is 10.4 Å². The Morgan fingerprint density at radius 2 is 2.11 bits per heavy atom. The van der Waals surface area contributed by atoms with E-state index in [2.05, 4.69) is 27.4 Å². The Kier molecular flexibility index (Phi) is 2.64. The molecule has 0 N–H and O–H groups in total. The van der Waals surface area contributed by atoms with Gasteiger partial charge in [0.05, 0.1) is 11.4 Å². The zero-order chi connectivity index (χ0) is 12.5. The SMILES string of the molecule is Cc1nc(-c2cccc(-n3cnnn3)c2)sc1C. The highest BCUT2D eigenvalue weighted by Gasteiger charge is 2.07. The molecular weight excluding hydrogens is 246 g/mol. The van der Waals surface area contributed by atoms with Gasteiger partial charge in [0.2, 0.25) is 0 Å². The minimum absolute atomic E-state index is 0.933. The number of benzene rings is 1. The molecule has 18 heavy (non-hydrogen) atoms. The van der Waals surface area contributed by atoms with Crippen LogP contribution in [-0.4, -0.2) is 25.2 Å². The fourth-order valence-electron chi connectivity index (χ4n) is 1.66. The lowest BCUT2D eigenvalue weighted by molar-refractivity contribution is 0.789. The van der Waals surface area contributed by atoms with Gasteiger partial charge in [0.15, 0.2) is 0 Å². The fourth-order valence-corrected chi connectivity index (χ4v) is 2.57. The second kappa shape index (κ2) is 4.30. The molecule has 0 radical (unpaired) electrons. The highest BCUT2D eigenvalue weighted by Crippen LogP contribution is 2.28. The van der Waals surface area contributed by atoms with Crippen molar-refractivity contribution in [3.8, 4) is 16.3 Å². The Labute approximate surface area is 108 Å². The summed E-state index contributed by atoms with van der Waals surface area (Å²) in [7, 11) is 0. The van der Waals surface area contributed by atoms with Gasteiger partial charge in [-0.25, -0.2) is 9.67 Å². The lowest BCUT2D eigenvalue weighted by Crippen LogP contribution is -1.94. The molecule has 3 aromatic rings. The molecule has 0 atom stereocenters. The van der Waals surface area contributed by atoms with Crippen LogP contribution in [0.4, 0.5) is 0 Å². The molecule has 0 aliphatic carbocycles. The maximum absolute atomic E-state index is 4.56.